The lowest BCUT2D eigenvalue weighted by atomic mass is 10.0. The molecule has 3 aliphatic rings. The van der Waals surface area contributed by atoms with Gasteiger partial charge in [0, 0.05) is 49.6 Å². The molecule has 3 rings (SSSR count). The van der Waals surface area contributed by atoms with Crippen LogP contribution >= 0.6 is 0 Å². The van der Waals surface area contributed by atoms with Crippen molar-refractivity contribution in [3.63, 3.8) is 0 Å². The van der Waals surface area contributed by atoms with E-state index in [0.717, 1.165) is 25.7 Å². The van der Waals surface area contributed by atoms with Crippen LogP contribution in [-0.2, 0) is 19.2 Å². The molecule has 0 aromatic heterocycles. The van der Waals surface area contributed by atoms with E-state index in [1.807, 2.05) is 13.8 Å². The second-order valence-corrected chi connectivity index (χ2v) is 10.9. The first-order valence-corrected chi connectivity index (χ1v) is 14.3. The zero-order valence-corrected chi connectivity index (χ0v) is 23.6. The molecule has 4 unspecified atom stereocenters. The first kappa shape index (κ1) is 31.2. The molecular weight excluding hydrogens is 480 g/mol. The van der Waals surface area contributed by atoms with Crippen molar-refractivity contribution in [1.82, 2.24) is 9.80 Å². The van der Waals surface area contributed by atoms with E-state index in [1.165, 1.54) is 12.8 Å². The van der Waals surface area contributed by atoms with Crippen molar-refractivity contribution < 1.29 is 19.2 Å². The quantitative estimate of drug-likeness (QED) is 0.516. The summed E-state index contributed by atoms with van der Waals surface area (Å²) in [5, 5.41) is 0. The summed E-state index contributed by atoms with van der Waals surface area (Å²) in [6, 6.07) is -0.924. The molecule has 0 aromatic rings. The average molecular weight is 527 g/mol. The number of primary amides is 2. The molecule has 8 nitrogen and oxygen atoms in total. The molecule has 2 saturated heterocycles. The third-order valence-corrected chi connectivity index (χ3v) is 7.32. The maximum Gasteiger partial charge on any atom is 0.240 e. The second kappa shape index (κ2) is 15.4. The molecule has 2 aliphatic heterocycles. The van der Waals surface area contributed by atoms with Crippen LogP contribution in [0.15, 0.2) is 0 Å². The van der Waals surface area contributed by atoms with E-state index in [4.69, 9.17) is 11.5 Å². The summed E-state index contributed by atoms with van der Waals surface area (Å²) in [5.74, 6) is 13.7. The van der Waals surface area contributed by atoms with Crippen molar-refractivity contribution in [2.45, 2.75) is 104 Å². The zero-order valence-electron chi connectivity index (χ0n) is 23.6. The van der Waals surface area contributed by atoms with Crippen LogP contribution in [-0.4, -0.2) is 58.6 Å². The monoisotopic (exact) mass is 526 g/mol. The summed E-state index contributed by atoms with van der Waals surface area (Å²) in [6.45, 7) is 9.06. The molecule has 38 heavy (non-hydrogen) atoms. The highest BCUT2D eigenvalue weighted by molar-refractivity contribution is 5.87. The summed E-state index contributed by atoms with van der Waals surface area (Å²) < 4.78 is 0. The smallest absolute Gasteiger partial charge is 0.240 e. The van der Waals surface area contributed by atoms with Crippen LogP contribution in [0.1, 0.15) is 91.9 Å². The fourth-order valence-electron chi connectivity index (χ4n) is 4.86. The predicted octanol–water partition coefficient (Wildman–Crippen LogP) is 2.83. The first-order valence-electron chi connectivity index (χ1n) is 14.3. The van der Waals surface area contributed by atoms with Crippen molar-refractivity contribution in [2.75, 3.05) is 13.1 Å². The number of carbonyl (C=O) groups excluding carboxylic acids is 4. The van der Waals surface area contributed by atoms with E-state index < -0.39 is 23.9 Å². The topological polar surface area (TPSA) is 127 Å². The van der Waals surface area contributed by atoms with Gasteiger partial charge < -0.3 is 21.3 Å². The van der Waals surface area contributed by atoms with Gasteiger partial charge in [0.1, 0.15) is 12.1 Å². The fraction of sp³-hybridized carbons (Fsp3) is 0.733. The van der Waals surface area contributed by atoms with Gasteiger partial charge in [-0.15, -0.1) is 5.92 Å². The minimum absolute atomic E-state index is 0.0273. The lowest BCUT2D eigenvalue weighted by Crippen LogP contribution is -2.47. The van der Waals surface area contributed by atoms with Crippen LogP contribution < -0.4 is 11.5 Å². The van der Waals surface area contributed by atoms with E-state index in [-0.39, 0.29) is 17.7 Å². The Morgan fingerprint density at radius 3 is 1.47 bits per heavy atom. The van der Waals surface area contributed by atoms with Crippen LogP contribution in [0.2, 0.25) is 0 Å². The highest BCUT2D eigenvalue weighted by Gasteiger charge is 2.31. The molecule has 8 heteroatoms. The molecule has 2 heterocycles. The van der Waals surface area contributed by atoms with Crippen LogP contribution in [0.4, 0.5) is 0 Å². The number of nitrogens with two attached hydrogens (primary N) is 2. The molecular formula is C30H46N4O4. The second-order valence-electron chi connectivity index (χ2n) is 10.9. The third-order valence-electron chi connectivity index (χ3n) is 7.32. The van der Waals surface area contributed by atoms with Crippen molar-refractivity contribution in [3.05, 3.63) is 0 Å². The minimum atomic E-state index is -0.468. The Bertz CT molecular complexity index is 896. The Kier molecular flexibility index (Phi) is 12.7. The molecule has 210 valence electrons. The Hall–Kier alpha value is -3.00. The van der Waals surface area contributed by atoms with Gasteiger partial charge in [0.15, 0.2) is 0 Å². The summed E-state index contributed by atoms with van der Waals surface area (Å²) in [7, 11) is 0. The van der Waals surface area contributed by atoms with E-state index in [9.17, 15) is 19.2 Å². The SMILES string of the molecule is CCC(C(N)=O)N1CCC(C#CC(C)C)CCC1=O.CCC(C(N)=O)N1CCC(C#CC2CC2)CCC1=O. The Morgan fingerprint density at radius 1 is 0.737 bits per heavy atom. The largest absolute Gasteiger partial charge is 0.368 e. The minimum Gasteiger partial charge on any atom is -0.368 e. The van der Waals surface area contributed by atoms with E-state index >= 15 is 0 Å². The maximum atomic E-state index is 12.1. The van der Waals surface area contributed by atoms with Crippen molar-refractivity contribution in [1.29, 1.82) is 0 Å². The van der Waals surface area contributed by atoms with Gasteiger partial charge >= 0.3 is 0 Å². The van der Waals surface area contributed by atoms with Gasteiger partial charge in [-0.25, -0.2) is 0 Å². The van der Waals surface area contributed by atoms with Crippen LogP contribution in [0.5, 0.6) is 0 Å². The summed E-state index contributed by atoms with van der Waals surface area (Å²) in [6.07, 6.45) is 7.83. The average Bonchev–Trinajstić information content (AvgIpc) is 3.71. The van der Waals surface area contributed by atoms with Crippen LogP contribution in [0, 0.1) is 47.4 Å². The molecule has 0 bridgehead atoms. The Labute approximate surface area is 228 Å². The number of hydrogen-bond acceptors (Lipinski definition) is 4. The van der Waals surface area contributed by atoms with Gasteiger partial charge in [-0.1, -0.05) is 45.5 Å². The van der Waals surface area contributed by atoms with Crippen molar-refractivity contribution in [3.8, 4) is 23.7 Å². The zero-order chi connectivity index (χ0) is 28.2. The number of carbonyl (C=O) groups is 4. The number of hydrogen-bond donors (Lipinski definition) is 2. The molecule has 4 amide bonds. The first-order chi connectivity index (χ1) is 18.1. The van der Waals surface area contributed by atoms with E-state index in [1.54, 1.807) is 9.80 Å². The van der Waals surface area contributed by atoms with Gasteiger partial charge in [0.25, 0.3) is 0 Å². The number of likely N-dealkylation sites (tertiary alicyclic amines) is 2. The van der Waals surface area contributed by atoms with E-state index in [2.05, 4.69) is 37.5 Å². The fourth-order valence-corrected chi connectivity index (χ4v) is 4.86. The summed E-state index contributed by atoms with van der Waals surface area (Å²) in [4.78, 5) is 50.2. The van der Waals surface area contributed by atoms with Gasteiger partial charge in [-0.05, 0) is 51.4 Å². The molecule has 0 aromatic carbocycles. The molecule has 3 fully saturated rings. The number of amides is 4. The third kappa shape index (κ3) is 10.0. The summed E-state index contributed by atoms with van der Waals surface area (Å²) >= 11 is 0. The maximum absolute atomic E-state index is 12.1. The number of nitrogens with zero attached hydrogens (tertiary/aromatic N) is 2. The predicted molar refractivity (Wildman–Crippen MR) is 148 cm³/mol. The van der Waals surface area contributed by atoms with E-state index in [0.29, 0.717) is 56.5 Å². The highest BCUT2D eigenvalue weighted by atomic mass is 16.2. The molecule has 0 spiro atoms. The normalized spacial score (nSPS) is 23.4. The van der Waals surface area contributed by atoms with Crippen LogP contribution in [0.3, 0.4) is 0 Å². The molecule has 0 radical (unpaired) electrons. The van der Waals surface area contributed by atoms with Gasteiger partial charge in [0.05, 0.1) is 0 Å². The molecule has 4 atom stereocenters. The van der Waals surface area contributed by atoms with Crippen molar-refractivity contribution >= 4 is 23.6 Å². The highest BCUT2D eigenvalue weighted by Crippen LogP contribution is 2.28. The van der Waals surface area contributed by atoms with Gasteiger partial charge in [0.2, 0.25) is 23.6 Å². The van der Waals surface area contributed by atoms with Crippen molar-refractivity contribution in [2.24, 2.45) is 35.1 Å². The Balaban J connectivity index is 0.000000267. The molecule has 1 saturated carbocycles. The lowest BCUT2D eigenvalue weighted by molar-refractivity contribution is -0.139. The van der Waals surface area contributed by atoms with Gasteiger partial charge in [-0.3, -0.25) is 19.2 Å². The standard InChI is InChI=1S/C15H22N2O2.C15H24N2O2/c1-2-13(15(16)19)17-10-9-12(7-8-14(17)18)6-5-11-3-4-11;1-4-13(15(16)19)17-10-9-12(6-5-11(2)3)7-8-14(17)18/h11-13H,2-4,7-10H2,1H3,(H2,16,19);11-13H,4,7-10H2,1-3H3,(H2,16,19). The van der Waals surface area contributed by atoms with Gasteiger partial charge in [-0.2, -0.15) is 0 Å². The molecule has 4 N–H and O–H groups in total. The van der Waals surface area contributed by atoms with Crippen LogP contribution in [0.25, 0.3) is 0 Å². The summed E-state index contributed by atoms with van der Waals surface area (Å²) in [5.41, 5.74) is 10.7. The number of rotatable bonds is 6. The molecule has 1 aliphatic carbocycles. The lowest BCUT2D eigenvalue weighted by Gasteiger charge is -2.27. The Morgan fingerprint density at radius 2 is 1.13 bits per heavy atom.